The minimum atomic E-state index is -1.15. The Balaban J connectivity index is 1.93. The molecule has 0 aromatic carbocycles. The van der Waals surface area contributed by atoms with Gasteiger partial charge < -0.3 is 19.5 Å². The van der Waals surface area contributed by atoms with E-state index in [1.807, 2.05) is 16.7 Å². The fourth-order valence-corrected chi connectivity index (χ4v) is 4.02. The normalized spacial score (nSPS) is 16.0. The number of H-pyrrole nitrogens is 1. The van der Waals surface area contributed by atoms with Gasteiger partial charge in [0.1, 0.15) is 29.8 Å². The molecule has 0 spiro atoms. The molecule has 27 heavy (non-hydrogen) atoms. The number of nitrogens with zero attached hydrogens (tertiary/aromatic N) is 4. The monoisotopic (exact) mass is 387 g/mol. The Labute approximate surface area is 161 Å². The summed E-state index contributed by atoms with van der Waals surface area (Å²) in [5, 5.41) is 9.72. The van der Waals surface area contributed by atoms with E-state index in [9.17, 15) is 4.79 Å². The van der Waals surface area contributed by atoms with Gasteiger partial charge in [0.25, 0.3) is 0 Å². The molecule has 146 valence electrons. The summed E-state index contributed by atoms with van der Waals surface area (Å²) in [6.45, 7) is 11.9. The zero-order valence-electron chi connectivity index (χ0n) is 16.7. The number of pyridine rings is 1. The molecule has 2 aromatic rings. The average Bonchev–Trinajstić information content (AvgIpc) is 2.98. The zero-order valence-corrected chi connectivity index (χ0v) is 17.7. The lowest BCUT2D eigenvalue weighted by Gasteiger charge is -2.34. The van der Waals surface area contributed by atoms with Gasteiger partial charge in [0.15, 0.2) is 0 Å². The van der Waals surface area contributed by atoms with Crippen LogP contribution in [0.5, 0.6) is 0 Å². The van der Waals surface area contributed by atoms with Crippen LogP contribution in [-0.4, -0.2) is 62.4 Å². The number of rotatable bonds is 6. The number of aromatic amines is 1. The van der Waals surface area contributed by atoms with Gasteiger partial charge in [0, 0.05) is 47.1 Å². The van der Waals surface area contributed by atoms with E-state index >= 15 is 0 Å². The number of hydrogen-bond donors (Lipinski definition) is 1. The largest absolute Gasteiger partial charge is 0.361 e. The number of nitriles is 1. The standard InChI is InChI=1S/C19H29N5O2Si/c1-22-5-7-23(8-6-22)17-11-16-18(25)15(12-20)13-21-19(16)24(17)14-26-9-10-27(2,3)4/h11,13H,5-10,14H2,1-4H3,(H,21,25). The maximum absolute atomic E-state index is 12.6. The summed E-state index contributed by atoms with van der Waals surface area (Å²) in [6.07, 6.45) is 1.50. The summed E-state index contributed by atoms with van der Waals surface area (Å²) < 4.78 is 8.02. The predicted octanol–water partition coefficient (Wildman–Crippen LogP) is 2.27. The SMILES string of the molecule is CN1CCN(c2cc3c(=O)c(C#N)c[nH]c3n2COCC[Si](C)(C)C)CC1. The molecule has 1 N–H and O–H groups in total. The summed E-state index contributed by atoms with van der Waals surface area (Å²) in [7, 11) is 0.968. The highest BCUT2D eigenvalue weighted by Gasteiger charge is 2.22. The Morgan fingerprint density at radius 3 is 2.59 bits per heavy atom. The maximum atomic E-state index is 12.6. The number of fused-ring (bicyclic) bond motifs is 1. The Hall–Kier alpha value is -2.08. The fraction of sp³-hybridized carbons (Fsp3) is 0.579. The molecule has 2 aromatic heterocycles. The van der Waals surface area contributed by atoms with Crippen molar-refractivity contribution in [3.8, 4) is 6.07 Å². The van der Waals surface area contributed by atoms with E-state index in [1.165, 1.54) is 6.20 Å². The molecule has 3 heterocycles. The number of hydrogen-bond acceptors (Lipinski definition) is 5. The summed E-state index contributed by atoms with van der Waals surface area (Å²) in [6, 6.07) is 4.98. The maximum Gasteiger partial charge on any atom is 0.208 e. The molecule has 0 radical (unpaired) electrons. The molecular weight excluding hydrogens is 358 g/mol. The molecule has 7 nitrogen and oxygen atoms in total. The third-order valence-electron chi connectivity index (χ3n) is 5.08. The number of nitrogens with one attached hydrogen (secondary N) is 1. The van der Waals surface area contributed by atoms with Crippen molar-refractivity contribution in [2.24, 2.45) is 0 Å². The smallest absolute Gasteiger partial charge is 0.208 e. The molecular formula is C19H29N5O2Si. The highest BCUT2D eigenvalue weighted by molar-refractivity contribution is 6.76. The van der Waals surface area contributed by atoms with Crippen molar-refractivity contribution < 1.29 is 4.74 Å². The van der Waals surface area contributed by atoms with Crippen molar-refractivity contribution in [3.63, 3.8) is 0 Å². The van der Waals surface area contributed by atoms with Gasteiger partial charge in [-0.3, -0.25) is 9.36 Å². The van der Waals surface area contributed by atoms with Gasteiger partial charge in [0.2, 0.25) is 5.43 Å². The second-order valence-electron chi connectivity index (χ2n) is 8.47. The Bertz CT molecular complexity index is 898. The highest BCUT2D eigenvalue weighted by Crippen LogP contribution is 2.25. The summed E-state index contributed by atoms with van der Waals surface area (Å²) in [4.78, 5) is 20.3. The zero-order chi connectivity index (χ0) is 19.6. The van der Waals surface area contributed by atoms with Crippen LogP contribution < -0.4 is 10.3 Å². The molecule has 0 unspecified atom stereocenters. The topological polar surface area (TPSA) is 77.3 Å². The molecule has 0 saturated carbocycles. The van der Waals surface area contributed by atoms with Crippen LogP contribution in [-0.2, 0) is 11.5 Å². The third-order valence-corrected chi connectivity index (χ3v) is 6.79. The first-order chi connectivity index (χ1) is 12.8. The lowest BCUT2D eigenvalue weighted by Crippen LogP contribution is -2.45. The van der Waals surface area contributed by atoms with Crippen LogP contribution in [0, 0.1) is 11.3 Å². The van der Waals surface area contributed by atoms with E-state index in [2.05, 4.69) is 41.5 Å². The Kier molecular flexibility index (Phi) is 5.74. The van der Waals surface area contributed by atoms with Crippen molar-refractivity contribution in [3.05, 3.63) is 28.0 Å². The molecule has 8 heteroatoms. The first-order valence-electron chi connectivity index (χ1n) is 9.46. The van der Waals surface area contributed by atoms with E-state index in [-0.39, 0.29) is 11.0 Å². The van der Waals surface area contributed by atoms with Crippen molar-refractivity contribution in [1.29, 1.82) is 5.26 Å². The summed E-state index contributed by atoms with van der Waals surface area (Å²) in [5.74, 6) is 0.981. The van der Waals surface area contributed by atoms with Crippen molar-refractivity contribution in [2.45, 2.75) is 32.4 Å². The van der Waals surface area contributed by atoms with Crippen molar-refractivity contribution >= 4 is 24.9 Å². The van der Waals surface area contributed by atoms with Gasteiger partial charge in [-0.1, -0.05) is 19.6 Å². The van der Waals surface area contributed by atoms with Gasteiger partial charge in [-0.15, -0.1) is 0 Å². The van der Waals surface area contributed by atoms with Gasteiger partial charge in [-0.25, -0.2) is 0 Å². The van der Waals surface area contributed by atoms with Crippen LogP contribution in [0.2, 0.25) is 25.7 Å². The second-order valence-corrected chi connectivity index (χ2v) is 14.1. The van der Waals surface area contributed by atoms with Crippen molar-refractivity contribution in [2.75, 3.05) is 44.7 Å². The van der Waals surface area contributed by atoms with Gasteiger partial charge >= 0.3 is 0 Å². The first-order valence-corrected chi connectivity index (χ1v) is 13.2. The van der Waals surface area contributed by atoms with Crippen LogP contribution in [0.15, 0.2) is 17.1 Å². The molecule has 0 bridgehead atoms. The fourth-order valence-electron chi connectivity index (χ4n) is 3.26. The molecule has 0 atom stereocenters. The molecule has 1 aliphatic rings. The van der Waals surface area contributed by atoms with E-state index in [0.29, 0.717) is 12.1 Å². The number of piperazine rings is 1. The lowest BCUT2D eigenvalue weighted by atomic mass is 10.2. The van der Waals surface area contributed by atoms with Gasteiger partial charge in [-0.05, 0) is 19.2 Å². The quantitative estimate of drug-likeness (QED) is 0.608. The van der Waals surface area contributed by atoms with Crippen LogP contribution >= 0.6 is 0 Å². The van der Waals surface area contributed by atoms with Gasteiger partial charge in [-0.2, -0.15) is 5.26 Å². The molecule has 1 aliphatic heterocycles. The predicted molar refractivity (Wildman–Crippen MR) is 111 cm³/mol. The van der Waals surface area contributed by atoms with Crippen LogP contribution in [0.25, 0.3) is 11.0 Å². The number of ether oxygens (including phenoxy) is 1. The molecule has 3 rings (SSSR count). The number of aromatic nitrogens is 2. The van der Waals surface area contributed by atoms with Crippen LogP contribution in [0.3, 0.4) is 0 Å². The van der Waals surface area contributed by atoms with Crippen LogP contribution in [0.4, 0.5) is 5.82 Å². The van der Waals surface area contributed by atoms with E-state index in [0.717, 1.165) is 50.3 Å². The molecule has 1 saturated heterocycles. The minimum absolute atomic E-state index is 0.143. The van der Waals surface area contributed by atoms with Crippen molar-refractivity contribution in [1.82, 2.24) is 14.5 Å². The number of likely N-dealkylation sites (N-methyl/N-ethyl adjacent to an activating group) is 1. The van der Waals surface area contributed by atoms with Gasteiger partial charge in [0.05, 0.1) is 5.39 Å². The summed E-state index contributed by atoms with van der Waals surface area (Å²) >= 11 is 0. The second kappa shape index (κ2) is 7.88. The lowest BCUT2D eigenvalue weighted by molar-refractivity contribution is 0.0903. The van der Waals surface area contributed by atoms with Crippen LogP contribution in [0.1, 0.15) is 5.56 Å². The number of anilines is 1. The Morgan fingerprint density at radius 2 is 1.96 bits per heavy atom. The molecule has 1 fully saturated rings. The third kappa shape index (κ3) is 4.43. The summed E-state index contributed by atoms with van der Waals surface area (Å²) in [5.41, 5.74) is 0.646. The minimum Gasteiger partial charge on any atom is -0.361 e. The average molecular weight is 388 g/mol. The first kappa shape index (κ1) is 19.7. The van der Waals surface area contributed by atoms with E-state index in [1.54, 1.807) is 0 Å². The highest BCUT2D eigenvalue weighted by atomic mass is 28.3. The van der Waals surface area contributed by atoms with E-state index in [4.69, 9.17) is 10.00 Å². The molecule has 0 amide bonds. The van der Waals surface area contributed by atoms with E-state index < -0.39 is 8.07 Å². The Morgan fingerprint density at radius 1 is 1.26 bits per heavy atom. The molecule has 0 aliphatic carbocycles.